The molecule has 1 fully saturated rings. The van der Waals surface area contributed by atoms with Crippen molar-refractivity contribution in [2.45, 2.75) is 18.9 Å². The molecular formula is C20H26ClN3O2. The first-order valence-electron chi connectivity index (χ1n) is 8.71. The fourth-order valence-corrected chi connectivity index (χ4v) is 3.30. The second-order valence-electron chi connectivity index (χ2n) is 6.38. The van der Waals surface area contributed by atoms with Gasteiger partial charge in [-0.2, -0.15) is 0 Å². The third-order valence-corrected chi connectivity index (χ3v) is 4.48. The Labute approximate surface area is 160 Å². The van der Waals surface area contributed by atoms with Crippen LogP contribution < -0.4 is 15.8 Å². The molecule has 1 aliphatic heterocycles. The fraction of sp³-hybridized carbons (Fsp3) is 0.350. The second-order valence-corrected chi connectivity index (χ2v) is 6.38. The molecule has 1 saturated heterocycles. The van der Waals surface area contributed by atoms with E-state index in [1.54, 1.807) is 0 Å². The lowest BCUT2D eigenvalue weighted by atomic mass is 9.95. The maximum atomic E-state index is 12.3. The van der Waals surface area contributed by atoms with Crippen LogP contribution in [0.2, 0.25) is 0 Å². The lowest BCUT2D eigenvalue weighted by molar-refractivity contribution is -0.117. The molecule has 140 valence electrons. The van der Waals surface area contributed by atoms with Gasteiger partial charge < -0.3 is 15.8 Å². The lowest BCUT2D eigenvalue weighted by Gasteiger charge is -2.16. The van der Waals surface area contributed by atoms with Crippen LogP contribution in [-0.2, 0) is 4.79 Å². The first-order valence-corrected chi connectivity index (χ1v) is 8.71. The van der Waals surface area contributed by atoms with Gasteiger partial charge in [-0.1, -0.05) is 30.3 Å². The highest BCUT2D eigenvalue weighted by atomic mass is 35.5. The van der Waals surface area contributed by atoms with Gasteiger partial charge in [0, 0.05) is 30.7 Å². The zero-order valence-electron chi connectivity index (χ0n) is 14.9. The van der Waals surface area contributed by atoms with E-state index in [1.165, 1.54) is 5.56 Å². The van der Waals surface area contributed by atoms with Crippen molar-refractivity contribution in [2.75, 3.05) is 31.6 Å². The number of anilines is 1. The minimum absolute atomic E-state index is 0. The van der Waals surface area contributed by atoms with E-state index in [4.69, 9.17) is 10.5 Å². The van der Waals surface area contributed by atoms with Crippen LogP contribution in [0.5, 0.6) is 5.75 Å². The zero-order chi connectivity index (χ0) is 17.6. The van der Waals surface area contributed by atoms with Crippen molar-refractivity contribution in [2.24, 2.45) is 5.73 Å². The summed E-state index contributed by atoms with van der Waals surface area (Å²) in [5.74, 6) is 1.06. The Morgan fingerprint density at radius 1 is 1.15 bits per heavy atom. The number of ether oxygens (including phenoxy) is 1. The summed E-state index contributed by atoms with van der Waals surface area (Å²) < 4.78 is 5.40. The Kier molecular flexibility index (Phi) is 7.45. The Bertz CT molecular complexity index is 694. The highest BCUT2D eigenvalue weighted by Gasteiger charge is 2.31. The molecule has 3 rings (SSSR count). The molecule has 2 aromatic carbocycles. The summed E-state index contributed by atoms with van der Waals surface area (Å²) in [6.07, 6.45) is 0. The number of nitrogens with one attached hydrogen (secondary N) is 1. The molecule has 0 aliphatic carbocycles. The molecule has 0 radical (unpaired) electrons. The highest BCUT2D eigenvalue weighted by molar-refractivity contribution is 5.92. The molecule has 1 aliphatic rings. The normalized spacial score (nSPS) is 19.6. The molecule has 0 bridgehead atoms. The van der Waals surface area contributed by atoms with Crippen molar-refractivity contribution in [3.05, 3.63) is 60.2 Å². The predicted molar refractivity (Wildman–Crippen MR) is 107 cm³/mol. The van der Waals surface area contributed by atoms with Crippen LogP contribution >= 0.6 is 12.4 Å². The lowest BCUT2D eigenvalue weighted by Crippen LogP contribution is -2.33. The molecule has 1 amide bonds. The first-order chi connectivity index (χ1) is 12.2. The van der Waals surface area contributed by atoms with E-state index in [2.05, 4.69) is 22.3 Å². The van der Waals surface area contributed by atoms with Gasteiger partial charge in [-0.25, -0.2) is 0 Å². The standard InChI is InChI=1S/C20H25N3O2.ClH/c1-2-25-17-10-8-16(9-11-17)22-20(24)14-23-12-18(19(21)13-23)15-6-4-3-5-7-15;/h3-11,18-19H,2,12-14,21H2,1H3,(H,22,24);1H/t18-,19+;/m0./s1. The fourth-order valence-electron chi connectivity index (χ4n) is 3.30. The van der Waals surface area contributed by atoms with Gasteiger partial charge in [-0.15, -0.1) is 12.4 Å². The summed E-state index contributed by atoms with van der Waals surface area (Å²) in [6.45, 7) is 4.46. The van der Waals surface area contributed by atoms with Crippen molar-refractivity contribution < 1.29 is 9.53 Å². The number of hydrogen-bond acceptors (Lipinski definition) is 4. The summed E-state index contributed by atoms with van der Waals surface area (Å²) >= 11 is 0. The molecule has 3 N–H and O–H groups in total. The van der Waals surface area contributed by atoms with Crippen LogP contribution in [0.25, 0.3) is 0 Å². The van der Waals surface area contributed by atoms with Gasteiger partial charge in [0.1, 0.15) is 5.75 Å². The molecule has 5 nitrogen and oxygen atoms in total. The van der Waals surface area contributed by atoms with Crippen LogP contribution in [0.4, 0.5) is 5.69 Å². The van der Waals surface area contributed by atoms with Crippen molar-refractivity contribution in [1.82, 2.24) is 4.90 Å². The summed E-state index contributed by atoms with van der Waals surface area (Å²) in [6, 6.07) is 17.8. The van der Waals surface area contributed by atoms with Crippen molar-refractivity contribution in [3.8, 4) is 5.75 Å². The Morgan fingerprint density at radius 3 is 2.50 bits per heavy atom. The molecule has 1 heterocycles. The van der Waals surface area contributed by atoms with Gasteiger partial charge in [-0.05, 0) is 36.8 Å². The predicted octanol–water partition coefficient (Wildman–Crippen LogP) is 2.87. The average molecular weight is 376 g/mol. The van der Waals surface area contributed by atoms with Gasteiger partial charge in [0.05, 0.1) is 13.2 Å². The van der Waals surface area contributed by atoms with E-state index >= 15 is 0 Å². The SMILES string of the molecule is CCOc1ccc(NC(=O)CN2C[C@@H](N)[C@H](c3ccccc3)C2)cc1.Cl. The number of carbonyl (C=O) groups excluding carboxylic acids is 1. The van der Waals surface area contributed by atoms with E-state index in [0.29, 0.717) is 13.2 Å². The van der Waals surface area contributed by atoms with Gasteiger partial charge >= 0.3 is 0 Å². The molecule has 6 heteroatoms. The second kappa shape index (κ2) is 9.57. The topological polar surface area (TPSA) is 67.6 Å². The molecule has 0 saturated carbocycles. The number of amides is 1. The monoisotopic (exact) mass is 375 g/mol. The first kappa shape index (κ1) is 20.2. The van der Waals surface area contributed by atoms with Gasteiger partial charge in [0.15, 0.2) is 0 Å². The van der Waals surface area contributed by atoms with Crippen LogP contribution in [0.3, 0.4) is 0 Å². The molecule has 0 unspecified atom stereocenters. The van der Waals surface area contributed by atoms with E-state index in [1.807, 2.05) is 49.4 Å². The minimum atomic E-state index is -0.0231. The van der Waals surface area contributed by atoms with E-state index in [9.17, 15) is 4.79 Å². The van der Waals surface area contributed by atoms with Gasteiger partial charge in [0.25, 0.3) is 0 Å². The van der Waals surface area contributed by atoms with Crippen molar-refractivity contribution >= 4 is 24.0 Å². The van der Waals surface area contributed by atoms with E-state index in [0.717, 1.165) is 24.5 Å². The summed E-state index contributed by atoms with van der Waals surface area (Å²) in [7, 11) is 0. The average Bonchev–Trinajstić information content (AvgIpc) is 2.98. The number of carbonyl (C=O) groups is 1. The molecule has 0 spiro atoms. The summed E-state index contributed by atoms with van der Waals surface area (Å²) in [5.41, 5.74) is 8.30. The van der Waals surface area contributed by atoms with E-state index < -0.39 is 0 Å². The van der Waals surface area contributed by atoms with Crippen molar-refractivity contribution in [3.63, 3.8) is 0 Å². The number of hydrogen-bond donors (Lipinski definition) is 2. The molecular weight excluding hydrogens is 350 g/mol. The number of nitrogens with zero attached hydrogens (tertiary/aromatic N) is 1. The molecule has 2 atom stereocenters. The van der Waals surface area contributed by atoms with Crippen molar-refractivity contribution in [1.29, 1.82) is 0 Å². The Balaban J connectivity index is 0.00000243. The van der Waals surface area contributed by atoms with Gasteiger partial charge in [0.2, 0.25) is 5.91 Å². The molecule has 2 aromatic rings. The highest BCUT2D eigenvalue weighted by Crippen LogP contribution is 2.26. The quantitative estimate of drug-likeness (QED) is 0.814. The van der Waals surface area contributed by atoms with Gasteiger partial charge in [-0.3, -0.25) is 9.69 Å². The molecule has 26 heavy (non-hydrogen) atoms. The third kappa shape index (κ3) is 5.21. The summed E-state index contributed by atoms with van der Waals surface area (Å²) in [5, 5.41) is 2.93. The molecule has 0 aromatic heterocycles. The Morgan fingerprint density at radius 2 is 1.85 bits per heavy atom. The smallest absolute Gasteiger partial charge is 0.238 e. The number of rotatable bonds is 6. The van der Waals surface area contributed by atoms with Crippen LogP contribution in [0.1, 0.15) is 18.4 Å². The van der Waals surface area contributed by atoms with Crippen LogP contribution in [0.15, 0.2) is 54.6 Å². The zero-order valence-corrected chi connectivity index (χ0v) is 15.7. The number of nitrogens with two attached hydrogens (primary N) is 1. The number of halogens is 1. The van der Waals surface area contributed by atoms with Crippen LogP contribution in [-0.4, -0.2) is 43.1 Å². The number of benzene rings is 2. The third-order valence-electron chi connectivity index (χ3n) is 4.48. The minimum Gasteiger partial charge on any atom is -0.494 e. The summed E-state index contributed by atoms with van der Waals surface area (Å²) in [4.78, 5) is 14.4. The Hall–Kier alpha value is -2.08. The maximum absolute atomic E-state index is 12.3. The largest absolute Gasteiger partial charge is 0.494 e. The maximum Gasteiger partial charge on any atom is 0.238 e. The number of likely N-dealkylation sites (tertiary alicyclic amines) is 1. The van der Waals surface area contributed by atoms with Crippen LogP contribution in [0, 0.1) is 0 Å². The van der Waals surface area contributed by atoms with E-state index in [-0.39, 0.29) is 30.3 Å².